The normalized spacial score (nSPS) is 11.1. The average Bonchev–Trinajstić information content (AvgIpc) is 2.76. The minimum atomic E-state index is -4.08. The second kappa shape index (κ2) is 10.3. The number of amides is 1. The third-order valence-corrected chi connectivity index (χ3v) is 6.87. The van der Waals surface area contributed by atoms with E-state index in [2.05, 4.69) is 5.32 Å². The number of benzene rings is 3. The molecule has 3 rings (SSSR count). The van der Waals surface area contributed by atoms with Crippen molar-refractivity contribution in [2.75, 3.05) is 22.8 Å². The Morgan fingerprint density at radius 3 is 2.41 bits per heavy atom. The number of sulfonamides is 1. The number of anilines is 2. The van der Waals surface area contributed by atoms with E-state index < -0.39 is 22.5 Å². The molecule has 0 bridgehead atoms. The molecular formula is C23H22Cl2N2O4S. The van der Waals surface area contributed by atoms with Crippen LogP contribution < -0.4 is 14.4 Å². The van der Waals surface area contributed by atoms with Crippen molar-refractivity contribution in [1.82, 2.24) is 0 Å². The summed E-state index contributed by atoms with van der Waals surface area (Å²) < 4.78 is 33.8. The van der Waals surface area contributed by atoms with Crippen molar-refractivity contribution in [1.29, 1.82) is 0 Å². The van der Waals surface area contributed by atoms with Crippen molar-refractivity contribution < 1.29 is 17.9 Å². The van der Waals surface area contributed by atoms with Gasteiger partial charge in [0.25, 0.3) is 10.0 Å². The Labute approximate surface area is 197 Å². The molecule has 0 aromatic heterocycles. The van der Waals surface area contributed by atoms with Gasteiger partial charge in [0.15, 0.2) is 0 Å². The lowest BCUT2D eigenvalue weighted by molar-refractivity contribution is -0.114. The summed E-state index contributed by atoms with van der Waals surface area (Å²) in [5.74, 6) is -0.240. The second-order valence-corrected chi connectivity index (χ2v) is 9.60. The summed E-state index contributed by atoms with van der Waals surface area (Å²) in [4.78, 5) is 13.0. The van der Waals surface area contributed by atoms with Crippen molar-refractivity contribution in [2.45, 2.75) is 18.7 Å². The minimum absolute atomic E-state index is 0.0583. The van der Waals surface area contributed by atoms with Gasteiger partial charge in [-0.2, -0.15) is 0 Å². The molecule has 6 nitrogen and oxygen atoms in total. The number of nitrogens with zero attached hydrogens (tertiary/aromatic N) is 1. The molecule has 0 aliphatic carbocycles. The van der Waals surface area contributed by atoms with E-state index in [1.807, 2.05) is 6.92 Å². The third kappa shape index (κ3) is 5.54. The number of ether oxygens (including phenoxy) is 1. The zero-order valence-electron chi connectivity index (χ0n) is 17.5. The Bertz CT molecular complexity index is 1210. The van der Waals surface area contributed by atoms with Gasteiger partial charge in [0.1, 0.15) is 12.3 Å². The summed E-state index contributed by atoms with van der Waals surface area (Å²) in [7, 11) is -4.08. The van der Waals surface area contributed by atoms with Crippen LogP contribution in [-0.4, -0.2) is 27.5 Å². The largest absolute Gasteiger partial charge is 0.492 e. The molecule has 0 saturated carbocycles. The number of hydrogen-bond acceptors (Lipinski definition) is 4. The first-order chi connectivity index (χ1) is 15.2. The van der Waals surface area contributed by atoms with Gasteiger partial charge in [-0.3, -0.25) is 9.10 Å². The quantitative estimate of drug-likeness (QED) is 0.448. The summed E-state index contributed by atoms with van der Waals surface area (Å²) in [6.07, 6.45) is 0. The lowest BCUT2D eigenvalue weighted by Gasteiger charge is -2.26. The molecule has 0 fully saturated rings. The summed E-state index contributed by atoms with van der Waals surface area (Å²) >= 11 is 12.1. The fraction of sp³-hybridized carbons (Fsp3) is 0.174. The van der Waals surface area contributed by atoms with Crippen LogP contribution in [0.4, 0.5) is 11.4 Å². The van der Waals surface area contributed by atoms with Crippen LogP contribution >= 0.6 is 23.2 Å². The molecule has 0 unspecified atom stereocenters. The number of halogens is 2. The maximum atomic E-state index is 13.6. The Morgan fingerprint density at radius 1 is 1.03 bits per heavy atom. The molecule has 1 amide bonds. The highest BCUT2D eigenvalue weighted by atomic mass is 35.5. The first-order valence-corrected chi connectivity index (χ1v) is 12.0. The van der Waals surface area contributed by atoms with E-state index in [-0.39, 0.29) is 21.3 Å². The van der Waals surface area contributed by atoms with Crippen molar-refractivity contribution in [3.05, 3.63) is 82.3 Å². The molecule has 0 saturated heterocycles. The predicted molar refractivity (Wildman–Crippen MR) is 128 cm³/mol. The van der Waals surface area contributed by atoms with Crippen molar-refractivity contribution >= 4 is 50.5 Å². The summed E-state index contributed by atoms with van der Waals surface area (Å²) in [6, 6.07) is 17.7. The van der Waals surface area contributed by atoms with Crippen molar-refractivity contribution in [3.63, 3.8) is 0 Å². The van der Waals surface area contributed by atoms with Crippen LogP contribution in [0.15, 0.2) is 71.6 Å². The van der Waals surface area contributed by atoms with E-state index >= 15 is 0 Å². The number of para-hydroxylation sites is 2. The molecule has 3 aromatic rings. The number of carbonyl (C=O) groups excluding carboxylic acids is 1. The average molecular weight is 493 g/mol. The third-order valence-electron chi connectivity index (χ3n) is 4.53. The summed E-state index contributed by atoms with van der Waals surface area (Å²) in [6.45, 7) is 3.49. The number of aryl methyl sites for hydroxylation is 1. The predicted octanol–water partition coefficient (Wildman–Crippen LogP) is 5.53. The first-order valence-electron chi connectivity index (χ1n) is 9.78. The number of hydrogen-bond donors (Lipinski definition) is 1. The van der Waals surface area contributed by atoms with Gasteiger partial charge in [0, 0.05) is 5.02 Å². The first kappa shape index (κ1) is 23.9. The van der Waals surface area contributed by atoms with Crippen LogP contribution in [0.5, 0.6) is 5.75 Å². The van der Waals surface area contributed by atoms with Crippen LogP contribution in [0.2, 0.25) is 10.0 Å². The maximum absolute atomic E-state index is 13.6. The Kier molecular flexibility index (Phi) is 7.66. The van der Waals surface area contributed by atoms with Crippen molar-refractivity contribution in [3.8, 4) is 5.75 Å². The Morgan fingerprint density at radius 2 is 1.72 bits per heavy atom. The molecule has 0 atom stereocenters. The number of rotatable bonds is 8. The second-order valence-electron chi connectivity index (χ2n) is 6.90. The monoisotopic (exact) mass is 492 g/mol. The molecule has 0 heterocycles. The van der Waals surface area contributed by atoms with E-state index in [1.54, 1.807) is 55.5 Å². The molecule has 9 heteroatoms. The van der Waals surface area contributed by atoms with E-state index in [1.165, 1.54) is 18.2 Å². The zero-order valence-corrected chi connectivity index (χ0v) is 19.8. The SMILES string of the molecule is CCOc1ccccc1N(CC(=O)Nc1cc(Cl)ccc1Cl)S(=O)(=O)c1ccc(C)cc1. The molecule has 0 aliphatic rings. The van der Waals surface area contributed by atoms with E-state index in [0.29, 0.717) is 17.4 Å². The topological polar surface area (TPSA) is 75.7 Å². The van der Waals surface area contributed by atoms with Crippen LogP contribution in [0.3, 0.4) is 0 Å². The smallest absolute Gasteiger partial charge is 0.264 e. The molecule has 168 valence electrons. The van der Waals surface area contributed by atoms with Gasteiger partial charge in [0.2, 0.25) is 5.91 Å². The van der Waals surface area contributed by atoms with Crippen LogP contribution in [-0.2, 0) is 14.8 Å². The van der Waals surface area contributed by atoms with Crippen LogP contribution in [0.1, 0.15) is 12.5 Å². The molecule has 0 spiro atoms. The maximum Gasteiger partial charge on any atom is 0.264 e. The van der Waals surface area contributed by atoms with Gasteiger partial charge in [-0.15, -0.1) is 0 Å². The Hall–Kier alpha value is -2.74. The van der Waals surface area contributed by atoms with Gasteiger partial charge in [-0.05, 0) is 56.3 Å². The summed E-state index contributed by atoms with van der Waals surface area (Å²) in [5, 5.41) is 3.30. The van der Waals surface area contributed by atoms with Crippen molar-refractivity contribution in [2.24, 2.45) is 0 Å². The lowest BCUT2D eigenvalue weighted by atomic mass is 10.2. The lowest BCUT2D eigenvalue weighted by Crippen LogP contribution is -2.38. The molecule has 32 heavy (non-hydrogen) atoms. The molecule has 0 aliphatic heterocycles. The minimum Gasteiger partial charge on any atom is -0.492 e. The number of nitrogens with one attached hydrogen (secondary N) is 1. The highest BCUT2D eigenvalue weighted by Crippen LogP contribution is 2.33. The zero-order chi connectivity index (χ0) is 23.3. The van der Waals surface area contributed by atoms with Gasteiger partial charge in [-0.1, -0.05) is 53.0 Å². The van der Waals surface area contributed by atoms with Gasteiger partial charge in [-0.25, -0.2) is 8.42 Å². The van der Waals surface area contributed by atoms with E-state index in [4.69, 9.17) is 27.9 Å². The van der Waals surface area contributed by atoms with Crippen LogP contribution in [0.25, 0.3) is 0 Å². The summed E-state index contributed by atoms with van der Waals surface area (Å²) in [5.41, 5.74) is 1.45. The standard InChI is InChI=1S/C23H22Cl2N2O4S/c1-3-31-22-7-5-4-6-21(22)27(32(29,30)18-11-8-16(2)9-12-18)15-23(28)26-20-14-17(24)10-13-19(20)25/h4-14H,3,15H2,1-2H3,(H,26,28). The van der Waals surface area contributed by atoms with Gasteiger partial charge in [0.05, 0.1) is 27.9 Å². The molecule has 0 radical (unpaired) electrons. The van der Waals surface area contributed by atoms with E-state index in [9.17, 15) is 13.2 Å². The molecule has 3 aromatic carbocycles. The van der Waals surface area contributed by atoms with Gasteiger partial charge >= 0.3 is 0 Å². The van der Waals surface area contributed by atoms with E-state index in [0.717, 1.165) is 9.87 Å². The highest BCUT2D eigenvalue weighted by Gasteiger charge is 2.29. The van der Waals surface area contributed by atoms with Gasteiger partial charge < -0.3 is 10.1 Å². The molecule has 1 N–H and O–H groups in total. The fourth-order valence-corrected chi connectivity index (χ4v) is 4.76. The van der Waals surface area contributed by atoms with Crippen LogP contribution in [0, 0.1) is 6.92 Å². The number of carbonyl (C=O) groups is 1. The Balaban J connectivity index is 2.02. The highest BCUT2D eigenvalue weighted by molar-refractivity contribution is 7.92. The fourth-order valence-electron chi connectivity index (χ4n) is 2.99. The molecular weight excluding hydrogens is 471 g/mol.